The second-order valence-electron chi connectivity index (χ2n) is 18.6. The molecule has 366 valence electrons. The van der Waals surface area contributed by atoms with Gasteiger partial charge >= 0.3 is 11.9 Å². The highest BCUT2D eigenvalue weighted by molar-refractivity contribution is 9.10. The number of Topliss-reactive ketones (excluding diaryl/α,β-unsaturated/α-hetero) is 2. The molecule has 16 heteroatoms. The molecule has 3 rings (SSSR count). The minimum atomic E-state index is -1.58. The minimum Gasteiger partial charge on any atom is -0.479 e. The largest absolute Gasteiger partial charge is 0.479 e. The lowest BCUT2D eigenvalue weighted by atomic mass is 9.86. The van der Waals surface area contributed by atoms with E-state index in [9.17, 15) is 33.9 Å². The summed E-state index contributed by atoms with van der Waals surface area (Å²) in [7, 11) is 4.51. The van der Waals surface area contributed by atoms with Crippen molar-refractivity contribution in [3.63, 3.8) is 0 Å². The van der Waals surface area contributed by atoms with Crippen LogP contribution < -0.4 is 5.73 Å². The van der Waals surface area contributed by atoms with Gasteiger partial charge in [0.15, 0.2) is 17.7 Å². The van der Waals surface area contributed by atoms with Crippen molar-refractivity contribution in [2.75, 3.05) is 21.1 Å². The van der Waals surface area contributed by atoms with Crippen molar-refractivity contribution >= 4 is 68.1 Å². The molecule has 0 unspecified atom stereocenters. The second kappa shape index (κ2) is 26.2. The first-order valence-corrected chi connectivity index (χ1v) is 24.1. The number of aromatic nitrogens is 1. The van der Waals surface area contributed by atoms with Crippen molar-refractivity contribution in [2.45, 2.75) is 143 Å². The van der Waals surface area contributed by atoms with Gasteiger partial charge in [0.25, 0.3) is 0 Å². The number of amides is 3. The van der Waals surface area contributed by atoms with Crippen LogP contribution in [0.4, 0.5) is 0 Å². The van der Waals surface area contributed by atoms with E-state index in [1.807, 2.05) is 88.5 Å². The van der Waals surface area contributed by atoms with E-state index in [0.29, 0.717) is 19.4 Å². The smallest absolute Gasteiger partial charge is 0.345 e. The highest BCUT2D eigenvalue weighted by atomic mass is 79.9. The first kappa shape index (κ1) is 55.9. The third-order valence-corrected chi connectivity index (χ3v) is 13.1. The Hall–Kier alpha value is -5.40. The zero-order chi connectivity index (χ0) is 50.3. The van der Waals surface area contributed by atoms with Gasteiger partial charge in [-0.25, -0.2) is 9.59 Å². The molecule has 0 spiro atoms. The molecule has 67 heavy (non-hydrogen) atoms. The Morgan fingerprint density at radius 2 is 1.34 bits per heavy atom. The molecule has 0 saturated heterocycles. The SMILES string of the molecule is CC[C@H](CC(=O)[C@H](CC(C)C)N(C)C(=O)[C@@H](N)CC)C(=O)N(C)[C@@H](Cc1cn(Cc2ccc(Br)cc2)c2ccccc12)C(=O)C[C@@H](CC(C)C)C(=O)N(C)[C@@H](C)C(=O)O[C@H](CCC#N)C(=O)O. The average molecular weight is 992 g/mol. The van der Waals surface area contributed by atoms with E-state index in [2.05, 4.69) is 20.5 Å². The third-order valence-electron chi connectivity index (χ3n) is 12.5. The lowest BCUT2D eigenvalue weighted by Gasteiger charge is -2.34. The number of fused-ring (bicyclic) bond motifs is 1. The molecule has 7 atom stereocenters. The Bertz CT molecular complexity index is 2230. The van der Waals surface area contributed by atoms with E-state index < -0.39 is 71.6 Å². The number of ketones is 2. The fraction of sp³-hybridized carbons (Fsp3) is 0.569. The Kier molecular flexibility index (Phi) is 21.9. The standard InChI is InChI=1S/C51H71BrN6O9/c1-11-35(27-44(59)42(25-32(5)6)57(10)49(63)40(54)12-2)47(61)56(9)43(26-37-30-58(41-17-14-13-16-39(37)41)29-34-19-21-38(52)22-20-34)45(60)28-36(24-31(3)4)48(62)55(8)33(7)51(66)67-46(50(64)65)18-15-23-53/h13-14,16-17,19-22,30-33,35-36,40,42-43,46H,11-12,15,18,24-29,54H2,1-10H3,(H,64,65)/t33-,35+,36+,40-,42-,43-,46+/m0/s1. The summed E-state index contributed by atoms with van der Waals surface area (Å²) in [4.78, 5) is 100. The van der Waals surface area contributed by atoms with Crippen LogP contribution in [0.1, 0.15) is 111 Å². The number of nitrogens with zero attached hydrogens (tertiary/aromatic N) is 5. The Labute approximate surface area is 404 Å². The maximum absolute atomic E-state index is 15.0. The molecule has 1 heterocycles. The molecule has 0 radical (unpaired) electrons. The number of nitriles is 1. The molecule has 0 fully saturated rings. The van der Waals surface area contributed by atoms with Crippen LogP contribution in [0, 0.1) is 35.0 Å². The molecule has 2 aromatic carbocycles. The number of rotatable bonds is 27. The number of ether oxygens (including phenoxy) is 1. The van der Waals surface area contributed by atoms with Crippen LogP contribution in [0.25, 0.3) is 10.9 Å². The van der Waals surface area contributed by atoms with E-state index in [4.69, 9.17) is 15.7 Å². The normalized spacial score (nSPS) is 14.6. The molecule has 0 bridgehead atoms. The molecule has 3 amide bonds. The number of carboxylic acid groups (broad SMARTS) is 1. The molecule has 0 aliphatic carbocycles. The predicted molar refractivity (Wildman–Crippen MR) is 260 cm³/mol. The number of esters is 1. The topological polar surface area (TPSA) is 213 Å². The van der Waals surface area contributed by atoms with Gasteiger partial charge in [-0.3, -0.25) is 24.0 Å². The van der Waals surface area contributed by atoms with Gasteiger partial charge in [-0.05, 0) is 73.8 Å². The molecule has 3 N–H and O–H groups in total. The summed E-state index contributed by atoms with van der Waals surface area (Å²) in [5.41, 5.74) is 8.86. The Balaban J connectivity index is 2.08. The van der Waals surface area contributed by atoms with E-state index in [1.54, 1.807) is 27.9 Å². The lowest BCUT2D eigenvalue weighted by molar-refractivity contribution is -0.169. The summed E-state index contributed by atoms with van der Waals surface area (Å²) in [6, 6.07) is 13.7. The average Bonchev–Trinajstić information content (AvgIpc) is 3.64. The molecule has 1 aromatic heterocycles. The fourth-order valence-corrected chi connectivity index (χ4v) is 8.63. The number of carbonyl (C=O) groups is 7. The molecule has 0 aliphatic heterocycles. The van der Waals surface area contributed by atoms with E-state index in [0.717, 1.165) is 31.4 Å². The number of hydrogen-bond acceptors (Lipinski definition) is 10. The number of aliphatic carboxylic acids is 1. The number of hydrogen-bond donors (Lipinski definition) is 2. The van der Waals surface area contributed by atoms with Gasteiger partial charge in [-0.1, -0.05) is 87.8 Å². The van der Waals surface area contributed by atoms with Gasteiger partial charge in [0.05, 0.1) is 24.2 Å². The van der Waals surface area contributed by atoms with Crippen molar-refractivity contribution in [1.82, 2.24) is 19.3 Å². The van der Waals surface area contributed by atoms with Gasteiger partial charge in [0, 0.05) is 93.2 Å². The molecule has 0 saturated carbocycles. The van der Waals surface area contributed by atoms with E-state index >= 15 is 4.79 Å². The minimum absolute atomic E-state index is 0.0543. The first-order chi connectivity index (χ1) is 31.6. The molecular formula is C51H71BrN6O9. The van der Waals surface area contributed by atoms with E-state index in [1.165, 1.54) is 23.8 Å². The Morgan fingerprint density at radius 3 is 1.91 bits per heavy atom. The van der Waals surface area contributed by atoms with Crippen LogP contribution in [0.15, 0.2) is 59.2 Å². The van der Waals surface area contributed by atoms with Crippen LogP contribution in [0.2, 0.25) is 0 Å². The molecule has 0 aliphatic rings. The van der Waals surface area contributed by atoms with E-state index in [-0.39, 0.29) is 68.5 Å². The summed E-state index contributed by atoms with van der Waals surface area (Å²) in [6.07, 6.45) is 0.948. The van der Waals surface area contributed by atoms with Crippen LogP contribution in [0.3, 0.4) is 0 Å². The van der Waals surface area contributed by atoms with Crippen LogP contribution in [0.5, 0.6) is 0 Å². The van der Waals surface area contributed by atoms with Crippen LogP contribution in [-0.2, 0) is 51.3 Å². The van der Waals surface area contributed by atoms with Gasteiger partial charge < -0.3 is 34.8 Å². The van der Waals surface area contributed by atoms with Gasteiger partial charge in [-0.15, -0.1) is 0 Å². The maximum Gasteiger partial charge on any atom is 0.345 e. The van der Waals surface area contributed by atoms with Crippen molar-refractivity contribution in [3.05, 3.63) is 70.3 Å². The van der Waals surface area contributed by atoms with Crippen molar-refractivity contribution < 1.29 is 43.4 Å². The van der Waals surface area contributed by atoms with Crippen molar-refractivity contribution in [2.24, 2.45) is 29.4 Å². The summed E-state index contributed by atoms with van der Waals surface area (Å²) < 4.78 is 8.26. The fourth-order valence-electron chi connectivity index (χ4n) is 8.37. The first-order valence-electron chi connectivity index (χ1n) is 23.3. The molecule has 15 nitrogen and oxygen atoms in total. The number of nitrogens with two attached hydrogens (primary N) is 1. The predicted octanol–water partition coefficient (Wildman–Crippen LogP) is 7.19. The molecular weight excluding hydrogens is 920 g/mol. The van der Waals surface area contributed by atoms with Gasteiger partial charge in [-0.2, -0.15) is 5.26 Å². The number of carbonyl (C=O) groups excluding carboxylic acids is 6. The van der Waals surface area contributed by atoms with Gasteiger partial charge in [0.1, 0.15) is 6.04 Å². The number of para-hydroxylation sites is 1. The summed E-state index contributed by atoms with van der Waals surface area (Å²) in [5, 5.41) is 19.4. The highest BCUT2D eigenvalue weighted by Crippen LogP contribution is 2.29. The Morgan fingerprint density at radius 1 is 0.776 bits per heavy atom. The van der Waals surface area contributed by atoms with Crippen LogP contribution in [-0.4, -0.2) is 117 Å². The van der Waals surface area contributed by atoms with Crippen molar-refractivity contribution in [1.29, 1.82) is 5.26 Å². The number of benzene rings is 2. The lowest BCUT2D eigenvalue weighted by Crippen LogP contribution is -2.51. The second-order valence-corrected chi connectivity index (χ2v) is 19.5. The quantitative estimate of drug-likeness (QED) is 0.0730. The van der Waals surface area contributed by atoms with Crippen LogP contribution >= 0.6 is 15.9 Å². The molecule has 3 aromatic rings. The maximum atomic E-state index is 15.0. The summed E-state index contributed by atoms with van der Waals surface area (Å²) >= 11 is 3.50. The zero-order valence-electron chi connectivity index (χ0n) is 40.9. The van der Waals surface area contributed by atoms with Crippen molar-refractivity contribution in [3.8, 4) is 6.07 Å². The van der Waals surface area contributed by atoms with Gasteiger partial charge in [0.2, 0.25) is 17.7 Å². The summed E-state index contributed by atoms with van der Waals surface area (Å²) in [5.74, 6) is -6.18. The zero-order valence-corrected chi connectivity index (χ0v) is 42.5. The number of carboxylic acids is 1. The number of halogens is 1. The number of likely N-dealkylation sites (N-methyl/N-ethyl adjacent to an activating group) is 3. The monoisotopic (exact) mass is 990 g/mol. The third kappa shape index (κ3) is 15.6. The summed E-state index contributed by atoms with van der Waals surface area (Å²) in [6.45, 7) is 13.2. The highest BCUT2D eigenvalue weighted by Gasteiger charge is 2.39.